The SMILES string of the molecule is Nc1nc(SCC(=O)Nc2ccc3[nH]c(=O)[nH]c3c2)n[nH]1. The number of H-pyrrole nitrogens is 3. The van der Waals surface area contributed by atoms with Crippen molar-refractivity contribution in [3.8, 4) is 0 Å². The molecule has 0 spiro atoms. The molecule has 108 valence electrons. The number of rotatable bonds is 4. The topological polar surface area (TPSA) is 145 Å². The van der Waals surface area contributed by atoms with E-state index in [1.165, 1.54) is 11.8 Å². The third-order valence-electron chi connectivity index (χ3n) is 2.61. The van der Waals surface area contributed by atoms with Crippen LogP contribution >= 0.6 is 11.8 Å². The van der Waals surface area contributed by atoms with Crippen molar-refractivity contribution in [2.75, 3.05) is 16.8 Å². The van der Waals surface area contributed by atoms with Gasteiger partial charge < -0.3 is 21.0 Å². The zero-order chi connectivity index (χ0) is 14.8. The van der Waals surface area contributed by atoms with Gasteiger partial charge in [0.05, 0.1) is 16.8 Å². The van der Waals surface area contributed by atoms with E-state index >= 15 is 0 Å². The van der Waals surface area contributed by atoms with Crippen LogP contribution in [0.1, 0.15) is 0 Å². The number of nitrogens with one attached hydrogen (secondary N) is 4. The Morgan fingerprint density at radius 1 is 1.33 bits per heavy atom. The van der Waals surface area contributed by atoms with Crippen molar-refractivity contribution in [1.82, 2.24) is 25.1 Å². The first-order chi connectivity index (χ1) is 10.1. The van der Waals surface area contributed by atoms with Crippen LogP contribution in [-0.4, -0.2) is 36.8 Å². The van der Waals surface area contributed by atoms with E-state index in [4.69, 9.17) is 5.73 Å². The molecule has 0 atom stereocenters. The highest BCUT2D eigenvalue weighted by Crippen LogP contribution is 2.16. The van der Waals surface area contributed by atoms with E-state index in [-0.39, 0.29) is 23.3 Å². The zero-order valence-electron chi connectivity index (χ0n) is 10.6. The zero-order valence-corrected chi connectivity index (χ0v) is 11.5. The highest BCUT2D eigenvalue weighted by atomic mass is 32.2. The second-order valence-corrected chi connectivity index (χ2v) is 5.12. The molecule has 1 amide bonds. The lowest BCUT2D eigenvalue weighted by atomic mass is 10.3. The Bertz CT molecular complexity index is 849. The monoisotopic (exact) mass is 305 g/mol. The number of nitrogens with two attached hydrogens (primary N) is 1. The minimum absolute atomic E-state index is 0.152. The van der Waals surface area contributed by atoms with Crippen LogP contribution in [0.25, 0.3) is 11.0 Å². The smallest absolute Gasteiger partial charge is 0.323 e. The number of aromatic nitrogens is 5. The Hall–Kier alpha value is -2.75. The van der Waals surface area contributed by atoms with Gasteiger partial charge in [-0.1, -0.05) is 11.8 Å². The van der Waals surface area contributed by atoms with Crippen LogP contribution in [-0.2, 0) is 4.79 Å². The Morgan fingerprint density at radius 2 is 2.14 bits per heavy atom. The highest BCUT2D eigenvalue weighted by molar-refractivity contribution is 7.99. The molecule has 6 N–H and O–H groups in total. The Labute approximate surface area is 121 Å². The van der Waals surface area contributed by atoms with Gasteiger partial charge in [-0.15, -0.1) is 5.10 Å². The molecular formula is C11H11N7O2S. The lowest BCUT2D eigenvalue weighted by Crippen LogP contribution is -2.14. The summed E-state index contributed by atoms with van der Waals surface area (Å²) in [6, 6.07) is 5.10. The van der Waals surface area contributed by atoms with Gasteiger partial charge in [-0.3, -0.25) is 4.79 Å². The molecule has 10 heteroatoms. The van der Waals surface area contributed by atoms with Gasteiger partial charge in [0.1, 0.15) is 0 Å². The van der Waals surface area contributed by atoms with Crippen LogP contribution in [0, 0.1) is 0 Å². The molecule has 9 nitrogen and oxygen atoms in total. The van der Waals surface area contributed by atoms with Crippen LogP contribution in [0.4, 0.5) is 11.6 Å². The molecule has 0 radical (unpaired) electrons. The fourth-order valence-electron chi connectivity index (χ4n) is 1.76. The normalized spacial score (nSPS) is 10.9. The van der Waals surface area contributed by atoms with Crippen molar-refractivity contribution in [2.24, 2.45) is 0 Å². The number of hydrogen-bond acceptors (Lipinski definition) is 6. The standard InChI is InChI=1S/C11H11N7O2S/c12-9-16-11(18-17-9)21-4-8(19)13-5-1-2-6-7(3-5)15-10(20)14-6/h1-3H,4H2,(H,13,19)(H2,14,15,20)(H3,12,16,17,18). The third-order valence-corrected chi connectivity index (χ3v) is 3.46. The van der Waals surface area contributed by atoms with Gasteiger partial charge in [-0.05, 0) is 18.2 Å². The van der Waals surface area contributed by atoms with E-state index in [1.807, 2.05) is 0 Å². The van der Waals surface area contributed by atoms with E-state index < -0.39 is 0 Å². The molecular weight excluding hydrogens is 294 g/mol. The Kier molecular flexibility index (Phi) is 3.36. The van der Waals surface area contributed by atoms with E-state index in [0.717, 1.165) is 0 Å². The molecule has 0 unspecified atom stereocenters. The molecule has 2 aromatic heterocycles. The molecule has 0 aliphatic carbocycles. The summed E-state index contributed by atoms with van der Waals surface area (Å²) < 4.78 is 0. The number of nitrogen functional groups attached to an aromatic ring is 1. The quantitative estimate of drug-likeness (QED) is 0.438. The summed E-state index contributed by atoms with van der Waals surface area (Å²) in [6.07, 6.45) is 0. The maximum absolute atomic E-state index is 11.8. The maximum atomic E-state index is 11.8. The van der Waals surface area contributed by atoms with E-state index in [9.17, 15) is 9.59 Å². The van der Waals surface area contributed by atoms with Crippen LogP contribution < -0.4 is 16.7 Å². The molecule has 0 saturated carbocycles. The van der Waals surface area contributed by atoms with Crippen LogP contribution in [0.2, 0.25) is 0 Å². The summed E-state index contributed by atoms with van der Waals surface area (Å²) >= 11 is 1.17. The van der Waals surface area contributed by atoms with Crippen molar-refractivity contribution in [3.63, 3.8) is 0 Å². The number of thioether (sulfide) groups is 1. The summed E-state index contributed by atoms with van der Waals surface area (Å²) in [5, 5.41) is 9.45. The first-order valence-corrected chi connectivity index (χ1v) is 6.91. The van der Waals surface area contributed by atoms with Crippen LogP contribution in [0.3, 0.4) is 0 Å². The minimum atomic E-state index is -0.286. The Balaban J connectivity index is 1.64. The Morgan fingerprint density at radius 3 is 2.90 bits per heavy atom. The largest absolute Gasteiger partial charge is 0.368 e. The number of benzene rings is 1. The maximum Gasteiger partial charge on any atom is 0.323 e. The first-order valence-electron chi connectivity index (χ1n) is 5.93. The lowest BCUT2D eigenvalue weighted by Gasteiger charge is -2.03. The average molecular weight is 305 g/mol. The van der Waals surface area contributed by atoms with Gasteiger partial charge >= 0.3 is 5.69 Å². The number of aromatic amines is 3. The number of anilines is 2. The van der Waals surface area contributed by atoms with Gasteiger partial charge in [-0.2, -0.15) is 4.98 Å². The predicted molar refractivity (Wildman–Crippen MR) is 79.1 cm³/mol. The molecule has 0 bridgehead atoms. The molecule has 0 aliphatic rings. The molecule has 3 aromatic rings. The molecule has 1 aromatic carbocycles. The van der Waals surface area contributed by atoms with Gasteiger partial charge in [0, 0.05) is 5.69 Å². The molecule has 3 rings (SSSR count). The summed E-state index contributed by atoms with van der Waals surface area (Å²) in [6.45, 7) is 0. The fraction of sp³-hybridized carbons (Fsp3) is 0.0909. The second-order valence-electron chi connectivity index (χ2n) is 4.18. The van der Waals surface area contributed by atoms with Crippen LogP contribution in [0.15, 0.2) is 28.2 Å². The minimum Gasteiger partial charge on any atom is -0.368 e. The summed E-state index contributed by atoms with van der Waals surface area (Å²) in [7, 11) is 0. The van der Waals surface area contributed by atoms with Crippen molar-refractivity contribution in [2.45, 2.75) is 5.16 Å². The number of fused-ring (bicyclic) bond motifs is 1. The number of carbonyl (C=O) groups excluding carboxylic acids is 1. The predicted octanol–water partition coefficient (Wildman–Crippen LogP) is 0.287. The van der Waals surface area contributed by atoms with Gasteiger partial charge in [0.2, 0.25) is 17.0 Å². The fourth-order valence-corrected chi connectivity index (χ4v) is 2.37. The van der Waals surface area contributed by atoms with Crippen molar-refractivity contribution in [1.29, 1.82) is 0 Å². The van der Waals surface area contributed by atoms with Crippen molar-refractivity contribution >= 4 is 40.3 Å². The molecule has 0 aliphatic heterocycles. The average Bonchev–Trinajstić information content (AvgIpc) is 3.01. The number of amides is 1. The van der Waals surface area contributed by atoms with Gasteiger partial charge in [0.25, 0.3) is 0 Å². The number of hydrogen-bond donors (Lipinski definition) is 5. The molecule has 0 fully saturated rings. The van der Waals surface area contributed by atoms with Crippen molar-refractivity contribution < 1.29 is 4.79 Å². The van der Waals surface area contributed by atoms with E-state index in [0.29, 0.717) is 21.9 Å². The second kappa shape index (κ2) is 5.32. The van der Waals surface area contributed by atoms with E-state index in [1.54, 1.807) is 18.2 Å². The lowest BCUT2D eigenvalue weighted by molar-refractivity contribution is -0.113. The van der Waals surface area contributed by atoms with Gasteiger partial charge in [-0.25, -0.2) is 9.89 Å². The van der Waals surface area contributed by atoms with Gasteiger partial charge in [0.15, 0.2) is 0 Å². The number of imidazole rings is 1. The molecule has 2 heterocycles. The molecule has 21 heavy (non-hydrogen) atoms. The third kappa shape index (κ3) is 3.05. The number of carbonyl (C=O) groups is 1. The highest BCUT2D eigenvalue weighted by Gasteiger charge is 2.08. The first kappa shape index (κ1) is 13.2. The number of nitrogens with zero attached hydrogens (tertiary/aromatic N) is 2. The van der Waals surface area contributed by atoms with Crippen LogP contribution in [0.5, 0.6) is 0 Å². The summed E-state index contributed by atoms with van der Waals surface area (Å²) in [5.41, 5.74) is 7.01. The van der Waals surface area contributed by atoms with E-state index in [2.05, 4.69) is 30.5 Å². The molecule has 0 saturated heterocycles. The summed E-state index contributed by atoms with van der Waals surface area (Å²) in [4.78, 5) is 32.1. The van der Waals surface area contributed by atoms with Crippen molar-refractivity contribution in [3.05, 3.63) is 28.7 Å². The summed E-state index contributed by atoms with van der Waals surface area (Å²) in [5.74, 6) is 0.152.